The van der Waals surface area contributed by atoms with E-state index in [1.807, 2.05) is 6.92 Å². The van der Waals surface area contributed by atoms with E-state index in [1.54, 1.807) is 0 Å². The first-order valence-corrected chi connectivity index (χ1v) is 5.61. The highest BCUT2D eigenvalue weighted by Crippen LogP contribution is 2.30. The van der Waals surface area contributed by atoms with E-state index >= 15 is 0 Å². The molecule has 14 heavy (non-hydrogen) atoms. The zero-order valence-corrected chi connectivity index (χ0v) is 9.66. The average Bonchev–Trinajstić information content (AvgIpc) is 2.86. The Bertz CT molecular complexity index is 176. The Balaban J connectivity index is 2.41. The van der Waals surface area contributed by atoms with Crippen LogP contribution in [0.15, 0.2) is 0 Å². The van der Waals surface area contributed by atoms with Gasteiger partial charge >= 0.3 is 0 Å². The van der Waals surface area contributed by atoms with E-state index in [1.165, 1.54) is 12.8 Å². The molecule has 0 aliphatic heterocycles. The van der Waals surface area contributed by atoms with Crippen LogP contribution in [0.25, 0.3) is 0 Å². The third-order valence-corrected chi connectivity index (χ3v) is 2.90. The molecular weight excluding hydrogens is 176 g/mol. The molecule has 1 saturated carbocycles. The molecule has 1 aliphatic rings. The van der Waals surface area contributed by atoms with Crippen LogP contribution in [0, 0.1) is 5.92 Å². The molecule has 1 aliphatic carbocycles. The summed E-state index contributed by atoms with van der Waals surface area (Å²) in [6.45, 7) is 8.31. The standard InChI is InChI=1S/C11H24N2O/c1-9(2)13(6-10-4-5-10)8-11(3,14)7-12/h9-10,14H,4-8,12H2,1-3H3. The van der Waals surface area contributed by atoms with E-state index in [4.69, 9.17) is 5.73 Å². The molecule has 1 atom stereocenters. The molecule has 84 valence electrons. The van der Waals surface area contributed by atoms with Gasteiger partial charge in [0.15, 0.2) is 0 Å². The topological polar surface area (TPSA) is 49.5 Å². The van der Waals surface area contributed by atoms with Crippen molar-refractivity contribution in [2.45, 2.75) is 45.3 Å². The Morgan fingerprint density at radius 3 is 2.43 bits per heavy atom. The van der Waals surface area contributed by atoms with E-state index in [-0.39, 0.29) is 0 Å². The Morgan fingerprint density at radius 2 is 2.07 bits per heavy atom. The summed E-state index contributed by atoms with van der Waals surface area (Å²) in [5.41, 5.74) is 4.79. The van der Waals surface area contributed by atoms with Crippen LogP contribution in [0.1, 0.15) is 33.6 Å². The molecular formula is C11H24N2O. The minimum absolute atomic E-state index is 0.334. The smallest absolute Gasteiger partial charge is 0.0867 e. The molecule has 1 unspecified atom stereocenters. The lowest BCUT2D eigenvalue weighted by atomic mass is 10.1. The third-order valence-electron chi connectivity index (χ3n) is 2.90. The Labute approximate surface area is 87.3 Å². The highest BCUT2D eigenvalue weighted by atomic mass is 16.3. The first kappa shape index (κ1) is 12.0. The molecule has 1 rings (SSSR count). The van der Waals surface area contributed by atoms with Gasteiger partial charge in [-0.05, 0) is 39.5 Å². The van der Waals surface area contributed by atoms with Crippen LogP contribution in [0.4, 0.5) is 0 Å². The van der Waals surface area contributed by atoms with Crippen LogP contribution < -0.4 is 5.73 Å². The SMILES string of the molecule is CC(C)N(CC1CC1)CC(C)(O)CN. The molecule has 1 fully saturated rings. The summed E-state index contributed by atoms with van der Waals surface area (Å²) in [5, 5.41) is 9.91. The van der Waals surface area contributed by atoms with Crippen LogP contribution in [0.3, 0.4) is 0 Å². The number of nitrogens with two attached hydrogens (primary N) is 1. The third kappa shape index (κ3) is 3.95. The van der Waals surface area contributed by atoms with Gasteiger partial charge in [-0.15, -0.1) is 0 Å². The van der Waals surface area contributed by atoms with E-state index in [2.05, 4.69) is 18.7 Å². The van der Waals surface area contributed by atoms with Crippen molar-refractivity contribution in [3.8, 4) is 0 Å². The van der Waals surface area contributed by atoms with Crippen LogP contribution in [0.5, 0.6) is 0 Å². The van der Waals surface area contributed by atoms with Crippen LogP contribution in [-0.2, 0) is 0 Å². The Morgan fingerprint density at radius 1 is 1.50 bits per heavy atom. The van der Waals surface area contributed by atoms with Crippen molar-refractivity contribution in [2.75, 3.05) is 19.6 Å². The number of aliphatic hydroxyl groups is 1. The quantitative estimate of drug-likeness (QED) is 0.667. The summed E-state index contributed by atoms with van der Waals surface area (Å²) in [5.74, 6) is 0.867. The van der Waals surface area contributed by atoms with Crippen molar-refractivity contribution in [1.29, 1.82) is 0 Å². The monoisotopic (exact) mass is 200 g/mol. The van der Waals surface area contributed by atoms with Crippen molar-refractivity contribution in [2.24, 2.45) is 11.7 Å². The fourth-order valence-corrected chi connectivity index (χ4v) is 1.59. The fraction of sp³-hybridized carbons (Fsp3) is 1.00. The normalized spacial score (nSPS) is 21.6. The molecule has 3 N–H and O–H groups in total. The van der Waals surface area contributed by atoms with Crippen molar-refractivity contribution >= 4 is 0 Å². The molecule has 3 nitrogen and oxygen atoms in total. The van der Waals surface area contributed by atoms with Crippen LogP contribution >= 0.6 is 0 Å². The second kappa shape index (κ2) is 4.60. The summed E-state index contributed by atoms with van der Waals surface area (Å²) >= 11 is 0. The van der Waals surface area contributed by atoms with E-state index < -0.39 is 5.60 Å². The first-order chi connectivity index (χ1) is 6.44. The Hall–Kier alpha value is -0.120. The molecule has 0 aromatic heterocycles. The van der Waals surface area contributed by atoms with E-state index in [0.29, 0.717) is 19.1 Å². The first-order valence-electron chi connectivity index (χ1n) is 5.61. The predicted molar refractivity (Wildman–Crippen MR) is 59.1 cm³/mol. The van der Waals surface area contributed by atoms with Gasteiger partial charge in [0.2, 0.25) is 0 Å². The summed E-state index contributed by atoms with van der Waals surface area (Å²) in [4.78, 5) is 2.34. The molecule has 0 spiro atoms. The molecule has 0 aromatic rings. The lowest BCUT2D eigenvalue weighted by molar-refractivity contribution is 0.0159. The molecule has 0 saturated heterocycles. The van der Waals surface area contributed by atoms with Crippen molar-refractivity contribution in [3.63, 3.8) is 0 Å². The Kier molecular flexibility index (Phi) is 3.93. The summed E-state index contributed by atoms with van der Waals surface area (Å²) < 4.78 is 0. The predicted octanol–water partition coefficient (Wildman–Crippen LogP) is 0.817. The lowest BCUT2D eigenvalue weighted by Gasteiger charge is -2.33. The summed E-state index contributed by atoms with van der Waals surface area (Å²) in [6, 6.07) is 0.494. The maximum atomic E-state index is 9.91. The molecule has 0 aromatic carbocycles. The number of rotatable bonds is 6. The summed E-state index contributed by atoms with van der Waals surface area (Å²) in [7, 11) is 0. The van der Waals surface area contributed by atoms with Crippen LogP contribution in [-0.4, -0.2) is 41.3 Å². The van der Waals surface area contributed by atoms with Gasteiger partial charge in [-0.25, -0.2) is 0 Å². The maximum Gasteiger partial charge on any atom is 0.0867 e. The van der Waals surface area contributed by atoms with Crippen molar-refractivity contribution < 1.29 is 5.11 Å². The van der Waals surface area contributed by atoms with Gasteiger partial charge in [-0.2, -0.15) is 0 Å². The van der Waals surface area contributed by atoms with Crippen molar-refractivity contribution in [3.05, 3.63) is 0 Å². The zero-order chi connectivity index (χ0) is 10.8. The largest absolute Gasteiger partial charge is 0.388 e. The van der Waals surface area contributed by atoms with Gasteiger partial charge in [0.1, 0.15) is 0 Å². The van der Waals surface area contributed by atoms with Crippen LogP contribution in [0.2, 0.25) is 0 Å². The second-order valence-corrected chi connectivity index (χ2v) is 5.17. The highest BCUT2D eigenvalue weighted by molar-refractivity contribution is 4.84. The average molecular weight is 200 g/mol. The number of hydrogen-bond donors (Lipinski definition) is 2. The van der Waals surface area contributed by atoms with Gasteiger partial charge in [-0.3, -0.25) is 4.90 Å². The highest BCUT2D eigenvalue weighted by Gasteiger charge is 2.29. The zero-order valence-electron chi connectivity index (χ0n) is 9.66. The minimum atomic E-state index is -0.737. The van der Waals surface area contributed by atoms with Gasteiger partial charge in [-0.1, -0.05) is 0 Å². The fourth-order valence-electron chi connectivity index (χ4n) is 1.59. The van der Waals surface area contributed by atoms with Crippen molar-refractivity contribution in [1.82, 2.24) is 4.90 Å². The van der Waals surface area contributed by atoms with E-state index in [0.717, 1.165) is 12.5 Å². The molecule has 0 bridgehead atoms. The van der Waals surface area contributed by atoms with Gasteiger partial charge in [0.05, 0.1) is 5.60 Å². The molecule has 3 heteroatoms. The molecule has 0 heterocycles. The van der Waals surface area contributed by atoms with Gasteiger partial charge < -0.3 is 10.8 Å². The van der Waals surface area contributed by atoms with E-state index in [9.17, 15) is 5.11 Å². The van der Waals surface area contributed by atoms with Gasteiger partial charge in [0.25, 0.3) is 0 Å². The molecule has 0 amide bonds. The minimum Gasteiger partial charge on any atom is -0.388 e. The summed E-state index contributed by atoms with van der Waals surface area (Å²) in [6.07, 6.45) is 2.71. The molecule has 0 radical (unpaired) electrons. The lowest BCUT2D eigenvalue weighted by Crippen LogP contribution is -2.48. The number of nitrogens with zero attached hydrogens (tertiary/aromatic N) is 1. The second-order valence-electron chi connectivity index (χ2n) is 5.17. The van der Waals surface area contributed by atoms with Gasteiger partial charge in [0, 0.05) is 25.7 Å². The number of hydrogen-bond acceptors (Lipinski definition) is 3. The maximum absolute atomic E-state index is 9.91.